The van der Waals surface area contributed by atoms with Gasteiger partial charge in [0.15, 0.2) is 11.4 Å². The molecule has 5 heteroatoms. The van der Waals surface area contributed by atoms with E-state index in [0.29, 0.717) is 17.0 Å². The number of nitrogens with one attached hydrogen (secondary N) is 1. The number of carbonyl (C=O) groups excluding carboxylic acids is 1. The van der Waals surface area contributed by atoms with Crippen LogP contribution in [-0.2, 0) is 0 Å². The Morgan fingerprint density at radius 1 is 1.00 bits per heavy atom. The lowest BCUT2D eigenvalue weighted by Crippen LogP contribution is -2.11. The van der Waals surface area contributed by atoms with Crippen molar-refractivity contribution in [3.05, 3.63) is 78.4 Å². The first-order valence-corrected chi connectivity index (χ1v) is 8.15. The van der Waals surface area contributed by atoms with E-state index in [9.17, 15) is 4.79 Å². The van der Waals surface area contributed by atoms with E-state index in [2.05, 4.69) is 10.5 Å². The Bertz CT molecular complexity index is 1070. The number of amides is 1. The average Bonchev–Trinajstić information content (AvgIpc) is 3.10. The number of ether oxygens (including phenoxy) is 1. The molecule has 0 saturated heterocycles. The van der Waals surface area contributed by atoms with Crippen LogP contribution in [-0.4, -0.2) is 18.2 Å². The third kappa shape index (κ3) is 2.91. The van der Waals surface area contributed by atoms with Gasteiger partial charge < -0.3 is 14.6 Å². The van der Waals surface area contributed by atoms with Crippen LogP contribution >= 0.6 is 0 Å². The number of methoxy groups -OCH3 is 1. The molecule has 128 valence electrons. The monoisotopic (exact) mass is 344 g/mol. The minimum Gasteiger partial charge on any atom is -0.496 e. The number of rotatable bonds is 4. The van der Waals surface area contributed by atoms with E-state index in [0.717, 1.165) is 22.3 Å². The molecule has 0 atom stereocenters. The van der Waals surface area contributed by atoms with Crippen molar-refractivity contribution in [2.45, 2.75) is 0 Å². The number of nitrogens with zero attached hydrogens (tertiary/aromatic N) is 1. The van der Waals surface area contributed by atoms with Gasteiger partial charge in [0, 0.05) is 11.1 Å². The van der Waals surface area contributed by atoms with Crippen molar-refractivity contribution in [1.82, 2.24) is 5.16 Å². The summed E-state index contributed by atoms with van der Waals surface area (Å²) in [6.45, 7) is 0. The van der Waals surface area contributed by atoms with Crippen LogP contribution in [0.1, 0.15) is 10.4 Å². The molecule has 5 nitrogen and oxygen atoms in total. The number of anilines is 1. The summed E-state index contributed by atoms with van der Waals surface area (Å²) in [6, 6.07) is 22.5. The molecule has 26 heavy (non-hydrogen) atoms. The summed E-state index contributed by atoms with van der Waals surface area (Å²) >= 11 is 0. The molecule has 1 N–H and O–H groups in total. The topological polar surface area (TPSA) is 64.4 Å². The Morgan fingerprint density at radius 3 is 2.58 bits per heavy atom. The van der Waals surface area contributed by atoms with Crippen LogP contribution in [0, 0.1) is 0 Å². The van der Waals surface area contributed by atoms with Gasteiger partial charge >= 0.3 is 0 Å². The fraction of sp³-hybridized carbons (Fsp3) is 0.0476. The zero-order chi connectivity index (χ0) is 17.9. The largest absolute Gasteiger partial charge is 0.496 e. The maximum Gasteiger partial charge on any atom is 0.256 e. The summed E-state index contributed by atoms with van der Waals surface area (Å²) in [5.41, 5.74) is 3.07. The Kier molecular flexibility index (Phi) is 4.11. The predicted molar refractivity (Wildman–Crippen MR) is 100 cm³/mol. The second-order valence-corrected chi connectivity index (χ2v) is 5.76. The molecule has 1 amide bonds. The molecule has 0 fully saturated rings. The maximum atomic E-state index is 12.3. The molecule has 1 heterocycles. The van der Waals surface area contributed by atoms with E-state index in [1.54, 1.807) is 19.2 Å². The lowest BCUT2D eigenvalue weighted by atomic mass is 10.0. The lowest BCUT2D eigenvalue weighted by Gasteiger charge is -2.08. The van der Waals surface area contributed by atoms with Crippen molar-refractivity contribution in [2.24, 2.45) is 0 Å². The standard InChI is InChI=1S/C21H16N2O3/c1-25-18-10-6-5-9-16(18)15-11-12-17-19(13-15)26-23-20(17)22-21(24)14-7-3-2-4-8-14/h2-13H,1H3,(H,22,23,24). The van der Waals surface area contributed by atoms with Gasteiger partial charge in [0.05, 0.1) is 12.5 Å². The molecule has 3 aromatic carbocycles. The van der Waals surface area contributed by atoms with Gasteiger partial charge in [-0.2, -0.15) is 0 Å². The number of hydrogen-bond acceptors (Lipinski definition) is 4. The van der Waals surface area contributed by atoms with Crippen molar-refractivity contribution < 1.29 is 14.1 Å². The van der Waals surface area contributed by atoms with Crippen LogP contribution in [0.25, 0.3) is 22.1 Å². The highest BCUT2D eigenvalue weighted by atomic mass is 16.5. The Labute approximate surface area is 150 Å². The summed E-state index contributed by atoms with van der Waals surface area (Å²) in [4.78, 5) is 12.3. The van der Waals surface area contributed by atoms with Gasteiger partial charge in [-0.1, -0.05) is 47.6 Å². The number of para-hydroxylation sites is 1. The minimum atomic E-state index is -0.227. The van der Waals surface area contributed by atoms with E-state index < -0.39 is 0 Å². The fourth-order valence-corrected chi connectivity index (χ4v) is 2.85. The number of carbonyl (C=O) groups is 1. The first kappa shape index (κ1) is 15.9. The van der Waals surface area contributed by atoms with Crippen LogP contribution in [0.4, 0.5) is 5.82 Å². The molecular formula is C21H16N2O3. The second kappa shape index (κ2) is 6.72. The molecule has 0 aliphatic rings. The Morgan fingerprint density at radius 2 is 1.77 bits per heavy atom. The summed E-state index contributed by atoms with van der Waals surface area (Å²) in [6.07, 6.45) is 0. The maximum absolute atomic E-state index is 12.3. The van der Waals surface area contributed by atoms with E-state index in [1.165, 1.54) is 0 Å². The number of fused-ring (bicyclic) bond motifs is 1. The van der Waals surface area contributed by atoms with Crippen molar-refractivity contribution in [3.8, 4) is 16.9 Å². The van der Waals surface area contributed by atoms with Crippen LogP contribution in [0.3, 0.4) is 0 Å². The quantitative estimate of drug-likeness (QED) is 0.580. The van der Waals surface area contributed by atoms with Gasteiger partial charge in [0.2, 0.25) is 0 Å². The van der Waals surface area contributed by atoms with Gasteiger partial charge in [-0.3, -0.25) is 4.79 Å². The van der Waals surface area contributed by atoms with Gasteiger partial charge in [0.25, 0.3) is 5.91 Å². The van der Waals surface area contributed by atoms with Crippen molar-refractivity contribution in [2.75, 3.05) is 12.4 Å². The summed E-state index contributed by atoms with van der Waals surface area (Å²) in [5.74, 6) is 0.957. The van der Waals surface area contributed by atoms with Crippen molar-refractivity contribution in [1.29, 1.82) is 0 Å². The zero-order valence-electron chi connectivity index (χ0n) is 14.1. The molecular weight excluding hydrogens is 328 g/mol. The second-order valence-electron chi connectivity index (χ2n) is 5.76. The highest BCUT2D eigenvalue weighted by Gasteiger charge is 2.14. The third-order valence-electron chi connectivity index (χ3n) is 4.16. The van der Waals surface area contributed by atoms with Crippen molar-refractivity contribution in [3.63, 3.8) is 0 Å². The van der Waals surface area contributed by atoms with E-state index in [-0.39, 0.29) is 5.91 Å². The number of benzene rings is 3. The third-order valence-corrected chi connectivity index (χ3v) is 4.16. The fourth-order valence-electron chi connectivity index (χ4n) is 2.85. The van der Waals surface area contributed by atoms with Gasteiger partial charge in [0.1, 0.15) is 5.75 Å². The summed E-state index contributed by atoms with van der Waals surface area (Å²) in [5, 5.41) is 7.54. The molecule has 0 aliphatic heterocycles. The molecule has 4 rings (SSSR count). The zero-order valence-corrected chi connectivity index (χ0v) is 14.1. The predicted octanol–water partition coefficient (Wildman–Crippen LogP) is 4.76. The number of aromatic nitrogens is 1. The van der Waals surface area contributed by atoms with E-state index in [4.69, 9.17) is 9.26 Å². The van der Waals surface area contributed by atoms with Gasteiger partial charge in [-0.05, 0) is 35.9 Å². The summed E-state index contributed by atoms with van der Waals surface area (Å²) in [7, 11) is 1.64. The van der Waals surface area contributed by atoms with Crippen LogP contribution in [0.2, 0.25) is 0 Å². The summed E-state index contributed by atoms with van der Waals surface area (Å²) < 4.78 is 10.8. The molecule has 0 radical (unpaired) electrons. The molecule has 1 aromatic heterocycles. The molecule has 0 bridgehead atoms. The molecule has 0 aliphatic carbocycles. The molecule has 0 unspecified atom stereocenters. The van der Waals surface area contributed by atoms with Gasteiger partial charge in [-0.25, -0.2) is 0 Å². The average molecular weight is 344 g/mol. The Balaban J connectivity index is 1.67. The normalized spacial score (nSPS) is 10.7. The smallest absolute Gasteiger partial charge is 0.256 e. The Hall–Kier alpha value is -3.60. The van der Waals surface area contributed by atoms with Crippen molar-refractivity contribution >= 4 is 22.7 Å². The van der Waals surface area contributed by atoms with E-state index >= 15 is 0 Å². The highest BCUT2D eigenvalue weighted by Crippen LogP contribution is 2.33. The van der Waals surface area contributed by atoms with Crippen LogP contribution < -0.4 is 10.1 Å². The molecule has 0 spiro atoms. The lowest BCUT2D eigenvalue weighted by molar-refractivity contribution is 0.102. The SMILES string of the molecule is COc1ccccc1-c1ccc2c(NC(=O)c3ccccc3)noc2c1. The molecule has 4 aromatic rings. The first-order chi connectivity index (χ1) is 12.8. The van der Waals surface area contributed by atoms with Gasteiger partial charge in [-0.15, -0.1) is 0 Å². The highest BCUT2D eigenvalue weighted by molar-refractivity contribution is 6.07. The van der Waals surface area contributed by atoms with E-state index in [1.807, 2.05) is 60.7 Å². The van der Waals surface area contributed by atoms with Crippen LogP contribution in [0.5, 0.6) is 5.75 Å². The number of hydrogen-bond donors (Lipinski definition) is 1. The van der Waals surface area contributed by atoms with Crippen LogP contribution in [0.15, 0.2) is 77.3 Å². The first-order valence-electron chi connectivity index (χ1n) is 8.15. The molecule has 0 saturated carbocycles. The minimum absolute atomic E-state index is 0.227.